The smallest absolute Gasteiger partial charge is 0.165 e. The van der Waals surface area contributed by atoms with Crippen LogP contribution in [-0.4, -0.2) is 35.1 Å². The van der Waals surface area contributed by atoms with Crippen molar-refractivity contribution >= 4 is 0 Å². The molecule has 1 aliphatic heterocycles. The summed E-state index contributed by atoms with van der Waals surface area (Å²) in [6.45, 7) is 11.5. The first-order chi connectivity index (χ1) is 14.4. The Hall–Kier alpha value is -2.92. The zero-order valence-corrected chi connectivity index (χ0v) is 18.5. The van der Waals surface area contributed by atoms with Crippen molar-refractivity contribution in [2.75, 3.05) is 20.3 Å². The van der Waals surface area contributed by atoms with Gasteiger partial charge in [0.1, 0.15) is 6.61 Å². The van der Waals surface area contributed by atoms with Gasteiger partial charge in [-0.2, -0.15) is 0 Å². The summed E-state index contributed by atoms with van der Waals surface area (Å²) < 4.78 is 11.8. The third-order valence-corrected chi connectivity index (χ3v) is 5.65. The maximum absolute atomic E-state index is 6.13. The van der Waals surface area contributed by atoms with Gasteiger partial charge >= 0.3 is 0 Å². The molecular formula is C25H29N3O2. The van der Waals surface area contributed by atoms with Crippen molar-refractivity contribution < 1.29 is 9.47 Å². The molecule has 0 aliphatic carbocycles. The van der Waals surface area contributed by atoms with Gasteiger partial charge in [-0.3, -0.25) is 9.88 Å². The van der Waals surface area contributed by atoms with E-state index in [9.17, 15) is 0 Å². The SMILES string of the molecule is COc1cc(-c2nc(C)cnc2C)cc2c1OCCN(Cc1cc(C)ccc1C)C2. The fourth-order valence-corrected chi connectivity index (χ4v) is 3.98. The molecule has 5 heteroatoms. The van der Waals surface area contributed by atoms with Crippen LogP contribution in [0.5, 0.6) is 11.5 Å². The molecule has 0 radical (unpaired) electrons. The molecule has 30 heavy (non-hydrogen) atoms. The van der Waals surface area contributed by atoms with Gasteiger partial charge in [-0.1, -0.05) is 23.8 Å². The van der Waals surface area contributed by atoms with E-state index in [-0.39, 0.29) is 0 Å². The van der Waals surface area contributed by atoms with Gasteiger partial charge in [0.15, 0.2) is 11.5 Å². The molecule has 5 nitrogen and oxygen atoms in total. The Morgan fingerprint density at radius 3 is 2.73 bits per heavy atom. The van der Waals surface area contributed by atoms with Gasteiger partial charge in [0, 0.05) is 37.0 Å². The summed E-state index contributed by atoms with van der Waals surface area (Å²) in [6, 6.07) is 10.8. The first kappa shape index (κ1) is 20.4. The molecule has 0 bridgehead atoms. The van der Waals surface area contributed by atoms with Gasteiger partial charge in [0.05, 0.1) is 24.2 Å². The van der Waals surface area contributed by atoms with Crippen molar-refractivity contribution in [3.05, 3.63) is 70.2 Å². The Morgan fingerprint density at radius 1 is 1.10 bits per heavy atom. The molecule has 0 unspecified atom stereocenters. The number of fused-ring (bicyclic) bond motifs is 1. The van der Waals surface area contributed by atoms with E-state index in [4.69, 9.17) is 14.5 Å². The molecule has 0 N–H and O–H groups in total. The molecular weight excluding hydrogens is 374 g/mol. The Labute approximate surface area is 178 Å². The number of hydrogen-bond acceptors (Lipinski definition) is 5. The molecule has 0 spiro atoms. The molecule has 3 aromatic rings. The molecule has 0 amide bonds. The topological polar surface area (TPSA) is 47.5 Å². The van der Waals surface area contributed by atoms with E-state index < -0.39 is 0 Å². The standard InChI is InChI=1S/C25H29N3O2/c1-16-6-7-17(2)21(10-16)14-28-8-9-30-25-22(15-28)11-20(12-23(25)29-5)24-19(4)26-13-18(3)27-24/h6-7,10-13H,8-9,14-15H2,1-5H3. The van der Waals surface area contributed by atoms with Crippen LogP contribution in [0.1, 0.15) is 33.6 Å². The van der Waals surface area contributed by atoms with Crippen molar-refractivity contribution in [2.24, 2.45) is 0 Å². The van der Waals surface area contributed by atoms with Crippen LogP contribution < -0.4 is 9.47 Å². The molecule has 0 atom stereocenters. The molecule has 1 aliphatic rings. The summed E-state index contributed by atoms with van der Waals surface area (Å²) in [5.74, 6) is 1.58. The fourth-order valence-electron chi connectivity index (χ4n) is 3.98. The van der Waals surface area contributed by atoms with Crippen LogP contribution in [0.2, 0.25) is 0 Å². The summed E-state index contributed by atoms with van der Waals surface area (Å²) in [5, 5.41) is 0. The average Bonchev–Trinajstić information content (AvgIpc) is 2.93. The Balaban J connectivity index is 1.71. The molecule has 156 valence electrons. The van der Waals surface area contributed by atoms with Gasteiger partial charge in [-0.15, -0.1) is 0 Å². The average molecular weight is 404 g/mol. The number of nitrogens with zero attached hydrogens (tertiary/aromatic N) is 3. The van der Waals surface area contributed by atoms with E-state index in [0.29, 0.717) is 6.61 Å². The lowest BCUT2D eigenvalue weighted by molar-refractivity contribution is 0.216. The first-order valence-corrected chi connectivity index (χ1v) is 10.4. The van der Waals surface area contributed by atoms with Crippen LogP contribution in [0.25, 0.3) is 11.3 Å². The minimum atomic E-state index is 0.636. The third kappa shape index (κ3) is 4.17. The van der Waals surface area contributed by atoms with Crippen molar-refractivity contribution in [3.8, 4) is 22.8 Å². The van der Waals surface area contributed by atoms with Gasteiger partial charge in [0.2, 0.25) is 0 Å². The summed E-state index contributed by atoms with van der Waals surface area (Å²) >= 11 is 0. The molecule has 0 fully saturated rings. The van der Waals surface area contributed by atoms with Crippen LogP contribution in [0, 0.1) is 27.7 Å². The lowest BCUT2D eigenvalue weighted by Crippen LogP contribution is -2.25. The highest BCUT2D eigenvalue weighted by molar-refractivity contribution is 5.68. The summed E-state index contributed by atoms with van der Waals surface area (Å²) in [5.41, 5.74) is 8.80. The lowest BCUT2D eigenvalue weighted by Gasteiger charge is -2.21. The van der Waals surface area contributed by atoms with Gasteiger partial charge in [-0.25, -0.2) is 4.98 Å². The zero-order valence-electron chi connectivity index (χ0n) is 18.5. The van der Waals surface area contributed by atoms with E-state index in [0.717, 1.165) is 59.3 Å². The van der Waals surface area contributed by atoms with Crippen LogP contribution in [-0.2, 0) is 13.1 Å². The highest BCUT2D eigenvalue weighted by atomic mass is 16.5. The maximum atomic E-state index is 6.13. The third-order valence-electron chi connectivity index (χ3n) is 5.65. The number of benzene rings is 2. The van der Waals surface area contributed by atoms with E-state index >= 15 is 0 Å². The highest BCUT2D eigenvalue weighted by Gasteiger charge is 2.22. The lowest BCUT2D eigenvalue weighted by atomic mass is 10.0. The van der Waals surface area contributed by atoms with E-state index in [1.54, 1.807) is 13.3 Å². The molecule has 1 aromatic heterocycles. The number of methoxy groups -OCH3 is 1. The summed E-state index contributed by atoms with van der Waals surface area (Å²) in [4.78, 5) is 11.6. The van der Waals surface area contributed by atoms with E-state index in [1.807, 2.05) is 19.9 Å². The summed E-state index contributed by atoms with van der Waals surface area (Å²) in [6.07, 6.45) is 1.80. The maximum Gasteiger partial charge on any atom is 0.165 e. The highest BCUT2D eigenvalue weighted by Crippen LogP contribution is 2.38. The Bertz CT molecular complexity index is 1080. The quantitative estimate of drug-likeness (QED) is 0.627. The molecule has 4 rings (SSSR count). The zero-order chi connectivity index (χ0) is 21.3. The fraction of sp³-hybridized carbons (Fsp3) is 0.360. The van der Waals surface area contributed by atoms with Crippen molar-refractivity contribution in [1.29, 1.82) is 0 Å². The number of hydrogen-bond donors (Lipinski definition) is 0. The normalized spacial score (nSPS) is 14.0. The van der Waals surface area contributed by atoms with E-state index in [2.05, 4.69) is 48.0 Å². The second-order valence-electron chi connectivity index (χ2n) is 8.10. The van der Waals surface area contributed by atoms with Crippen molar-refractivity contribution in [1.82, 2.24) is 14.9 Å². The van der Waals surface area contributed by atoms with Crippen LogP contribution >= 0.6 is 0 Å². The minimum Gasteiger partial charge on any atom is -0.493 e. The second-order valence-corrected chi connectivity index (χ2v) is 8.10. The second kappa shape index (κ2) is 8.44. The Kier molecular flexibility index (Phi) is 5.73. The summed E-state index contributed by atoms with van der Waals surface area (Å²) in [7, 11) is 1.69. The molecule has 2 aromatic carbocycles. The Morgan fingerprint density at radius 2 is 1.93 bits per heavy atom. The van der Waals surface area contributed by atoms with Crippen LogP contribution in [0.4, 0.5) is 0 Å². The monoisotopic (exact) mass is 403 g/mol. The van der Waals surface area contributed by atoms with Crippen LogP contribution in [0.3, 0.4) is 0 Å². The number of rotatable bonds is 4. The number of aromatic nitrogens is 2. The molecule has 2 heterocycles. The van der Waals surface area contributed by atoms with Crippen LogP contribution in [0.15, 0.2) is 36.5 Å². The van der Waals surface area contributed by atoms with Gasteiger partial charge in [0.25, 0.3) is 0 Å². The minimum absolute atomic E-state index is 0.636. The number of ether oxygens (including phenoxy) is 2. The predicted molar refractivity (Wildman–Crippen MR) is 119 cm³/mol. The van der Waals surface area contributed by atoms with Gasteiger partial charge < -0.3 is 9.47 Å². The predicted octanol–water partition coefficient (Wildman–Crippen LogP) is 4.78. The van der Waals surface area contributed by atoms with E-state index in [1.165, 1.54) is 16.7 Å². The van der Waals surface area contributed by atoms with Crippen molar-refractivity contribution in [3.63, 3.8) is 0 Å². The first-order valence-electron chi connectivity index (χ1n) is 10.4. The van der Waals surface area contributed by atoms with Gasteiger partial charge in [-0.05, 0) is 51.0 Å². The largest absolute Gasteiger partial charge is 0.493 e. The number of aryl methyl sites for hydroxylation is 4. The molecule has 0 saturated carbocycles. The molecule has 0 saturated heterocycles. The van der Waals surface area contributed by atoms with Crippen molar-refractivity contribution in [2.45, 2.75) is 40.8 Å².